The van der Waals surface area contributed by atoms with Crippen molar-refractivity contribution < 1.29 is 4.79 Å². The van der Waals surface area contributed by atoms with E-state index in [0.29, 0.717) is 12.6 Å². The minimum Gasteiger partial charge on any atom is -0.352 e. The second-order valence-corrected chi connectivity index (χ2v) is 7.52. The van der Waals surface area contributed by atoms with E-state index in [4.69, 9.17) is 0 Å². The van der Waals surface area contributed by atoms with Crippen molar-refractivity contribution in [3.63, 3.8) is 0 Å². The Morgan fingerprint density at radius 1 is 1.29 bits per heavy atom. The number of nitrogens with one attached hydrogen (secondary N) is 2. The van der Waals surface area contributed by atoms with Crippen LogP contribution in [-0.4, -0.2) is 58.3 Å². The summed E-state index contributed by atoms with van der Waals surface area (Å²) in [5.41, 5.74) is 1.16. The van der Waals surface area contributed by atoms with Gasteiger partial charge in [0.05, 0.1) is 18.8 Å². The molecular formula is C18H31N5O. The molecule has 0 radical (unpaired) electrons. The molecule has 2 fully saturated rings. The Balaban J connectivity index is 1.36. The van der Waals surface area contributed by atoms with E-state index in [0.717, 1.165) is 37.5 Å². The van der Waals surface area contributed by atoms with Crippen molar-refractivity contribution in [2.75, 3.05) is 19.6 Å². The number of carbonyl (C=O) groups excluding carboxylic acids is 1. The SMILES string of the molecule is Cc1cnn([C@H](C)[C@H](C)NCC(=O)NC2CCN(C3CC3)CC2)c1. The van der Waals surface area contributed by atoms with E-state index in [2.05, 4.69) is 34.5 Å². The molecule has 1 aliphatic carbocycles. The molecule has 2 atom stereocenters. The second-order valence-electron chi connectivity index (χ2n) is 7.52. The highest BCUT2D eigenvalue weighted by molar-refractivity contribution is 5.78. The predicted octanol–water partition coefficient (Wildman–Crippen LogP) is 1.47. The number of likely N-dealkylation sites (tertiary alicyclic amines) is 1. The van der Waals surface area contributed by atoms with Gasteiger partial charge in [-0.05, 0) is 52.0 Å². The van der Waals surface area contributed by atoms with E-state index in [1.165, 1.54) is 12.8 Å². The second kappa shape index (κ2) is 7.66. The molecule has 2 N–H and O–H groups in total. The Labute approximate surface area is 145 Å². The Hall–Kier alpha value is -1.40. The number of piperidine rings is 1. The molecule has 24 heavy (non-hydrogen) atoms. The molecule has 1 aliphatic heterocycles. The van der Waals surface area contributed by atoms with Crippen molar-refractivity contribution in [1.82, 2.24) is 25.3 Å². The number of aryl methyl sites for hydroxylation is 1. The highest BCUT2D eigenvalue weighted by atomic mass is 16.2. The molecule has 0 bridgehead atoms. The number of carbonyl (C=O) groups is 1. The largest absolute Gasteiger partial charge is 0.352 e. The van der Waals surface area contributed by atoms with Gasteiger partial charge in [0.2, 0.25) is 5.91 Å². The summed E-state index contributed by atoms with van der Waals surface area (Å²) in [4.78, 5) is 14.8. The molecule has 0 unspecified atom stereocenters. The Morgan fingerprint density at radius 2 is 2.00 bits per heavy atom. The van der Waals surface area contributed by atoms with Gasteiger partial charge < -0.3 is 15.5 Å². The number of amides is 1. The van der Waals surface area contributed by atoms with Gasteiger partial charge in [-0.15, -0.1) is 0 Å². The molecule has 2 heterocycles. The Morgan fingerprint density at radius 3 is 2.58 bits per heavy atom. The van der Waals surface area contributed by atoms with Gasteiger partial charge in [0.15, 0.2) is 0 Å². The minimum atomic E-state index is 0.107. The van der Waals surface area contributed by atoms with E-state index in [-0.39, 0.29) is 18.0 Å². The van der Waals surface area contributed by atoms with Crippen LogP contribution in [0.1, 0.15) is 51.1 Å². The van der Waals surface area contributed by atoms with Crippen molar-refractivity contribution >= 4 is 5.91 Å². The standard InChI is InChI=1S/C18H31N5O/c1-13-10-20-23(12-13)15(3)14(2)19-11-18(24)21-16-6-8-22(9-7-16)17-4-5-17/h10,12,14-17,19H,4-9,11H2,1-3H3,(H,21,24)/t14-,15+/m0/s1. The van der Waals surface area contributed by atoms with Crippen LogP contribution < -0.4 is 10.6 Å². The third-order valence-electron chi connectivity index (χ3n) is 5.41. The van der Waals surface area contributed by atoms with E-state index in [1.807, 2.05) is 24.0 Å². The highest BCUT2D eigenvalue weighted by Gasteiger charge is 2.32. The quantitative estimate of drug-likeness (QED) is 0.793. The van der Waals surface area contributed by atoms with Crippen molar-refractivity contribution in [1.29, 1.82) is 0 Å². The lowest BCUT2D eigenvalue weighted by molar-refractivity contribution is -0.121. The van der Waals surface area contributed by atoms with Crippen LogP contribution in [-0.2, 0) is 4.79 Å². The van der Waals surface area contributed by atoms with Gasteiger partial charge in [-0.1, -0.05) is 0 Å². The summed E-state index contributed by atoms with van der Waals surface area (Å²) in [5.74, 6) is 0.107. The van der Waals surface area contributed by atoms with Crippen LogP contribution in [0.4, 0.5) is 0 Å². The lowest BCUT2D eigenvalue weighted by Crippen LogP contribution is -2.48. The van der Waals surface area contributed by atoms with E-state index in [9.17, 15) is 4.79 Å². The lowest BCUT2D eigenvalue weighted by atomic mass is 10.0. The molecule has 6 nitrogen and oxygen atoms in total. The third kappa shape index (κ3) is 4.57. The van der Waals surface area contributed by atoms with Crippen LogP contribution in [0, 0.1) is 6.92 Å². The van der Waals surface area contributed by atoms with E-state index >= 15 is 0 Å². The zero-order chi connectivity index (χ0) is 17.1. The van der Waals surface area contributed by atoms with Gasteiger partial charge in [0.25, 0.3) is 0 Å². The molecule has 6 heteroatoms. The Kier molecular flexibility index (Phi) is 5.56. The van der Waals surface area contributed by atoms with Crippen molar-refractivity contribution in [2.45, 2.75) is 70.6 Å². The number of hydrogen-bond acceptors (Lipinski definition) is 4. The molecule has 1 aromatic rings. The molecular weight excluding hydrogens is 302 g/mol. The summed E-state index contributed by atoms with van der Waals surface area (Å²) in [7, 11) is 0. The van der Waals surface area contributed by atoms with E-state index < -0.39 is 0 Å². The molecule has 1 saturated heterocycles. The van der Waals surface area contributed by atoms with Crippen LogP contribution in [0.3, 0.4) is 0 Å². The summed E-state index contributed by atoms with van der Waals surface area (Å²) in [5, 5.41) is 10.9. The Bertz CT molecular complexity index is 545. The molecule has 1 amide bonds. The van der Waals surface area contributed by atoms with Gasteiger partial charge in [0.1, 0.15) is 0 Å². The van der Waals surface area contributed by atoms with Crippen LogP contribution in [0.25, 0.3) is 0 Å². The topological polar surface area (TPSA) is 62.2 Å². The maximum Gasteiger partial charge on any atom is 0.234 e. The van der Waals surface area contributed by atoms with Crippen molar-refractivity contribution in [3.8, 4) is 0 Å². The van der Waals surface area contributed by atoms with Gasteiger partial charge in [0, 0.05) is 37.4 Å². The van der Waals surface area contributed by atoms with Crippen molar-refractivity contribution in [3.05, 3.63) is 18.0 Å². The fourth-order valence-corrected chi connectivity index (χ4v) is 3.44. The number of aromatic nitrogens is 2. The first-order valence-corrected chi connectivity index (χ1v) is 9.30. The number of nitrogens with zero attached hydrogens (tertiary/aromatic N) is 3. The molecule has 0 aromatic carbocycles. The van der Waals surface area contributed by atoms with Gasteiger partial charge in [-0.2, -0.15) is 5.10 Å². The predicted molar refractivity (Wildman–Crippen MR) is 94.9 cm³/mol. The molecule has 3 rings (SSSR count). The number of rotatable bonds is 7. The minimum absolute atomic E-state index is 0.107. The monoisotopic (exact) mass is 333 g/mol. The molecule has 1 aromatic heterocycles. The fraction of sp³-hybridized carbons (Fsp3) is 0.778. The zero-order valence-corrected chi connectivity index (χ0v) is 15.2. The van der Waals surface area contributed by atoms with Gasteiger partial charge in [-0.25, -0.2) is 0 Å². The van der Waals surface area contributed by atoms with Crippen LogP contribution in [0.15, 0.2) is 12.4 Å². The summed E-state index contributed by atoms with van der Waals surface area (Å²) < 4.78 is 1.96. The fourth-order valence-electron chi connectivity index (χ4n) is 3.44. The first kappa shape index (κ1) is 17.4. The highest BCUT2D eigenvalue weighted by Crippen LogP contribution is 2.29. The normalized spacial score (nSPS) is 22.3. The summed E-state index contributed by atoms with van der Waals surface area (Å²) in [6.07, 6.45) is 8.81. The summed E-state index contributed by atoms with van der Waals surface area (Å²) >= 11 is 0. The molecule has 0 spiro atoms. The maximum atomic E-state index is 12.2. The first-order chi connectivity index (χ1) is 11.5. The summed E-state index contributed by atoms with van der Waals surface area (Å²) in [6.45, 7) is 8.90. The molecule has 134 valence electrons. The number of hydrogen-bond donors (Lipinski definition) is 2. The van der Waals surface area contributed by atoms with Crippen LogP contribution in [0.2, 0.25) is 0 Å². The molecule has 2 aliphatic rings. The maximum absolute atomic E-state index is 12.2. The van der Waals surface area contributed by atoms with Gasteiger partial charge >= 0.3 is 0 Å². The zero-order valence-electron chi connectivity index (χ0n) is 15.2. The smallest absolute Gasteiger partial charge is 0.234 e. The molecule has 1 saturated carbocycles. The van der Waals surface area contributed by atoms with Crippen molar-refractivity contribution in [2.24, 2.45) is 0 Å². The average molecular weight is 333 g/mol. The van der Waals surface area contributed by atoms with Crippen LogP contribution in [0.5, 0.6) is 0 Å². The summed E-state index contributed by atoms with van der Waals surface area (Å²) in [6, 6.07) is 1.59. The van der Waals surface area contributed by atoms with Gasteiger partial charge in [-0.3, -0.25) is 9.48 Å². The van der Waals surface area contributed by atoms with Crippen LogP contribution >= 0.6 is 0 Å². The average Bonchev–Trinajstić information content (AvgIpc) is 3.34. The lowest BCUT2D eigenvalue weighted by Gasteiger charge is -2.32. The van der Waals surface area contributed by atoms with E-state index in [1.54, 1.807) is 0 Å². The third-order valence-corrected chi connectivity index (χ3v) is 5.41. The first-order valence-electron chi connectivity index (χ1n) is 9.30.